The molecule has 1 aliphatic rings. The Balaban J connectivity index is 1.63. The van der Waals surface area contributed by atoms with Gasteiger partial charge in [-0.1, -0.05) is 65.5 Å². The van der Waals surface area contributed by atoms with Crippen molar-refractivity contribution in [2.45, 2.75) is 32.1 Å². The van der Waals surface area contributed by atoms with Crippen LogP contribution in [-0.4, -0.2) is 18.1 Å². The van der Waals surface area contributed by atoms with Crippen LogP contribution in [0.1, 0.15) is 43.2 Å². The molecule has 150 valence electrons. The molecule has 29 heavy (non-hydrogen) atoms. The van der Waals surface area contributed by atoms with Crippen LogP contribution in [0.5, 0.6) is 5.75 Å². The lowest BCUT2D eigenvalue weighted by Crippen LogP contribution is -2.28. The predicted molar refractivity (Wildman–Crippen MR) is 118 cm³/mol. The van der Waals surface area contributed by atoms with Crippen molar-refractivity contribution < 1.29 is 14.3 Å². The molecule has 0 saturated heterocycles. The molecule has 0 aromatic heterocycles. The number of carbonyl (C=O) groups is 2. The minimum absolute atomic E-state index is 0.0313. The lowest BCUT2D eigenvalue weighted by atomic mass is 9.89. The zero-order chi connectivity index (χ0) is 20.5. The van der Waals surface area contributed by atoms with E-state index in [0.717, 1.165) is 35.7 Å². The average molecular weight is 455 g/mol. The van der Waals surface area contributed by atoms with E-state index in [4.69, 9.17) is 4.74 Å². The van der Waals surface area contributed by atoms with Crippen molar-refractivity contribution in [2.24, 2.45) is 11.0 Å². The molecule has 0 atom stereocenters. The summed E-state index contributed by atoms with van der Waals surface area (Å²) in [5.74, 6) is -0.146. The fourth-order valence-electron chi connectivity index (χ4n) is 3.21. The maximum absolute atomic E-state index is 12.2. The molecule has 0 spiro atoms. The van der Waals surface area contributed by atoms with Gasteiger partial charge in [0, 0.05) is 22.0 Å². The smallest absolute Gasteiger partial charge is 0.336 e. The molecule has 2 aromatic rings. The van der Waals surface area contributed by atoms with Gasteiger partial charge in [-0.15, -0.1) is 0 Å². The van der Waals surface area contributed by atoms with Gasteiger partial charge in [0.15, 0.2) is 0 Å². The van der Waals surface area contributed by atoms with Crippen LogP contribution >= 0.6 is 15.9 Å². The Morgan fingerprint density at radius 3 is 2.59 bits per heavy atom. The van der Waals surface area contributed by atoms with Gasteiger partial charge in [-0.2, -0.15) is 5.10 Å². The molecule has 6 heteroatoms. The van der Waals surface area contributed by atoms with Crippen LogP contribution in [0.2, 0.25) is 0 Å². The maximum atomic E-state index is 12.2. The van der Waals surface area contributed by atoms with Gasteiger partial charge in [0.25, 0.3) is 0 Å². The van der Waals surface area contributed by atoms with Gasteiger partial charge < -0.3 is 4.74 Å². The van der Waals surface area contributed by atoms with E-state index < -0.39 is 5.97 Å². The second-order valence-electron chi connectivity index (χ2n) is 6.92. The number of halogens is 1. The first kappa shape index (κ1) is 21.0. The summed E-state index contributed by atoms with van der Waals surface area (Å²) in [5, 5.41) is 4.06. The van der Waals surface area contributed by atoms with Gasteiger partial charge in [0.05, 0.1) is 6.21 Å². The third-order valence-corrected chi connectivity index (χ3v) is 5.24. The minimum atomic E-state index is -0.489. The van der Waals surface area contributed by atoms with Crippen molar-refractivity contribution in [3.8, 4) is 5.75 Å². The van der Waals surface area contributed by atoms with Gasteiger partial charge in [0.2, 0.25) is 5.91 Å². The van der Waals surface area contributed by atoms with Gasteiger partial charge in [-0.3, -0.25) is 4.79 Å². The highest BCUT2D eigenvalue weighted by molar-refractivity contribution is 9.10. The fourth-order valence-corrected chi connectivity index (χ4v) is 3.58. The standard InChI is InChI=1S/C23H23BrN2O3/c24-20-12-13-21(29-22(27)14-11-17-7-3-1-4-8-17)19(15-20)16-25-26-23(28)18-9-5-2-6-10-18/h1,3-4,7-8,11-16,18H,2,5-6,9-10H2,(H,26,28). The number of hydrogen-bond acceptors (Lipinski definition) is 4. The Morgan fingerprint density at radius 1 is 1.07 bits per heavy atom. The Labute approximate surface area is 179 Å². The van der Waals surface area contributed by atoms with Crippen molar-refractivity contribution in [2.75, 3.05) is 0 Å². The van der Waals surface area contributed by atoms with Crippen LogP contribution in [0, 0.1) is 5.92 Å². The third kappa shape index (κ3) is 6.68. The van der Waals surface area contributed by atoms with E-state index in [2.05, 4.69) is 26.5 Å². The number of ether oxygens (including phenoxy) is 1. The first-order chi connectivity index (χ1) is 14.1. The van der Waals surface area contributed by atoms with Crippen LogP contribution in [0.4, 0.5) is 0 Å². The summed E-state index contributed by atoms with van der Waals surface area (Å²) in [6.45, 7) is 0. The Hall–Kier alpha value is -2.73. The normalized spacial score (nSPS) is 14.9. The summed E-state index contributed by atoms with van der Waals surface area (Å²) in [7, 11) is 0. The zero-order valence-corrected chi connectivity index (χ0v) is 17.6. The van der Waals surface area contributed by atoms with Gasteiger partial charge in [-0.25, -0.2) is 10.2 Å². The summed E-state index contributed by atoms with van der Waals surface area (Å²) in [6, 6.07) is 14.7. The zero-order valence-electron chi connectivity index (χ0n) is 16.0. The Kier molecular flexibility index (Phi) is 7.76. The van der Waals surface area contributed by atoms with Gasteiger partial charge in [0.1, 0.15) is 5.75 Å². The molecule has 0 bridgehead atoms. The molecule has 0 heterocycles. The van der Waals surface area contributed by atoms with E-state index in [-0.39, 0.29) is 11.8 Å². The first-order valence-electron chi connectivity index (χ1n) is 9.69. The molecule has 5 nitrogen and oxygen atoms in total. The van der Waals surface area contributed by atoms with Crippen LogP contribution in [0.15, 0.2) is 64.2 Å². The summed E-state index contributed by atoms with van der Waals surface area (Å²) in [4.78, 5) is 24.4. The molecule has 0 unspecified atom stereocenters. The fraction of sp³-hybridized carbons (Fsp3) is 0.261. The van der Waals surface area contributed by atoms with Crippen LogP contribution < -0.4 is 10.2 Å². The second kappa shape index (κ2) is 10.7. The molecule has 1 amide bonds. The van der Waals surface area contributed by atoms with Crippen LogP contribution in [-0.2, 0) is 9.59 Å². The van der Waals surface area contributed by atoms with Crippen molar-refractivity contribution in [1.29, 1.82) is 0 Å². The highest BCUT2D eigenvalue weighted by Gasteiger charge is 2.20. The maximum Gasteiger partial charge on any atom is 0.336 e. The molecule has 1 fully saturated rings. The second-order valence-corrected chi connectivity index (χ2v) is 7.83. The van der Waals surface area contributed by atoms with Crippen LogP contribution in [0.25, 0.3) is 6.08 Å². The summed E-state index contributed by atoms with van der Waals surface area (Å²) < 4.78 is 6.26. The van der Waals surface area contributed by atoms with Gasteiger partial charge >= 0.3 is 5.97 Å². The Morgan fingerprint density at radius 2 is 1.83 bits per heavy atom. The SMILES string of the molecule is O=C(C=Cc1ccccc1)Oc1ccc(Br)cc1C=NNC(=O)C1CCCCC1. The summed E-state index contributed by atoms with van der Waals surface area (Å²) in [5.41, 5.74) is 4.11. The van der Waals surface area contributed by atoms with Crippen molar-refractivity contribution >= 4 is 40.1 Å². The molecule has 3 rings (SSSR count). The molecular weight excluding hydrogens is 432 g/mol. The third-order valence-electron chi connectivity index (χ3n) is 4.75. The summed E-state index contributed by atoms with van der Waals surface area (Å²) >= 11 is 3.40. The lowest BCUT2D eigenvalue weighted by molar-refractivity contribution is -0.129. The van der Waals surface area contributed by atoms with E-state index >= 15 is 0 Å². The van der Waals surface area contributed by atoms with Gasteiger partial charge in [-0.05, 0) is 42.7 Å². The van der Waals surface area contributed by atoms with Crippen LogP contribution in [0.3, 0.4) is 0 Å². The molecule has 1 saturated carbocycles. The number of carbonyl (C=O) groups excluding carboxylic acids is 2. The number of rotatable bonds is 6. The van der Waals surface area contributed by atoms with E-state index in [1.54, 1.807) is 24.3 Å². The number of hydrazone groups is 1. The highest BCUT2D eigenvalue weighted by atomic mass is 79.9. The van der Waals surface area contributed by atoms with E-state index in [0.29, 0.717) is 11.3 Å². The van der Waals surface area contributed by atoms with Crippen molar-refractivity contribution in [1.82, 2.24) is 5.43 Å². The molecule has 0 aliphatic heterocycles. The monoisotopic (exact) mass is 454 g/mol. The molecule has 0 radical (unpaired) electrons. The number of nitrogens with zero attached hydrogens (tertiary/aromatic N) is 1. The van der Waals surface area contributed by atoms with Crippen molar-refractivity contribution in [3.63, 3.8) is 0 Å². The molecular formula is C23H23BrN2O3. The first-order valence-corrected chi connectivity index (χ1v) is 10.5. The van der Waals surface area contributed by atoms with E-state index in [9.17, 15) is 9.59 Å². The largest absolute Gasteiger partial charge is 0.423 e. The van der Waals surface area contributed by atoms with E-state index in [1.165, 1.54) is 18.7 Å². The van der Waals surface area contributed by atoms with Crippen molar-refractivity contribution in [3.05, 3.63) is 70.2 Å². The number of nitrogens with one attached hydrogen (secondary N) is 1. The topological polar surface area (TPSA) is 67.8 Å². The number of hydrogen-bond donors (Lipinski definition) is 1. The number of esters is 1. The molecule has 1 N–H and O–H groups in total. The average Bonchev–Trinajstić information content (AvgIpc) is 2.75. The quantitative estimate of drug-likeness (QED) is 0.217. The summed E-state index contributed by atoms with van der Waals surface area (Å²) in [6.07, 6.45) is 9.76. The number of benzene rings is 2. The predicted octanol–water partition coefficient (Wildman–Crippen LogP) is 5.10. The van der Waals surface area contributed by atoms with E-state index in [1.807, 2.05) is 30.3 Å². The lowest BCUT2D eigenvalue weighted by Gasteiger charge is -2.19. The molecule has 1 aliphatic carbocycles. The number of amides is 1. The minimum Gasteiger partial charge on any atom is -0.423 e. The highest BCUT2D eigenvalue weighted by Crippen LogP contribution is 2.24. The molecule has 2 aromatic carbocycles. The Bertz CT molecular complexity index is 904.